The van der Waals surface area contributed by atoms with E-state index in [0.29, 0.717) is 5.03 Å². The van der Waals surface area contributed by atoms with Crippen LogP contribution in [-0.2, 0) is 20.9 Å². The summed E-state index contributed by atoms with van der Waals surface area (Å²) in [5, 5.41) is 9.73. The van der Waals surface area contributed by atoms with Crippen molar-refractivity contribution in [3.05, 3.63) is 37.1 Å². The third kappa shape index (κ3) is 4.76. The van der Waals surface area contributed by atoms with Gasteiger partial charge in [-0.1, -0.05) is 24.4 Å². The lowest BCUT2D eigenvalue weighted by molar-refractivity contribution is -0.692. The summed E-state index contributed by atoms with van der Waals surface area (Å²) in [5.74, 6) is -1.29. The lowest BCUT2D eigenvalue weighted by Gasteiger charge is -2.40. The molecular formula is C15H18BF4N3O4S. The van der Waals surface area contributed by atoms with Gasteiger partial charge in [0, 0.05) is 0 Å². The summed E-state index contributed by atoms with van der Waals surface area (Å²) in [7, 11) is -6.00. The number of halogens is 4. The number of amides is 1. The van der Waals surface area contributed by atoms with Crippen LogP contribution in [0.3, 0.4) is 0 Å². The molecule has 0 bridgehead atoms. The Bertz CT molecular complexity index is 792. The monoisotopic (exact) mass is 423 g/mol. The van der Waals surface area contributed by atoms with Crippen LogP contribution in [0.1, 0.15) is 6.92 Å². The average Bonchev–Trinajstić information content (AvgIpc) is 3.21. The molecule has 2 aliphatic heterocycles. The van der Waals surface area contributed by atoms with Gasteiger partial charge in [0.25, 0.3) is 0 Å². The van der Waals surface area contributed by atoms with E-state index < -0.39 is 19.1 Å². The molecule has 7 nitrogen and oxygen atoms in total. The summed E-state index contributed by atoms with van der Waals surface area (Å²) in [6.07, 6.45) is 7.05. The number of hydrogen-bond acceptors (Lipinski definition) is 5. The number of aryl methyl sites for hydroxylation is 1. The van der Waals surface area contributed by atoms with Gasteiger partial charge in [-0.3, -0.25) is 9.69 Å². The van der Waals surface area contributed by atoms with Gasteiger partial charge in [0.05, 0.1) is 19.1 Å². The minimum Gasteiger partial charge on any atom is -0.457 e. The molecule has 1 fully saturated rings. The fourth-order valence-electron chi connectivity index (χ4n) is 2.61. The summed E-state index contributed by atoms with van der Waals surface area (Å²) < 4.78 is 47.9. The van der Waals surface area contributed by atoms with Gasteiger partial charge in [-0.2, -0.15) is 4.57 Å². The second-order valence-electron chi connectivity index (χ2n) is 5.69. The second kappa shape index (κ2) is 8.82. The first-order chi connectivity index (χ1) is 13.1. The largest absolute Gasteiger partial charge is 0.673 e. The smallest absolute Gasteiger partial charge is 0.457 e. The van der Waals surface area contributed by atoms with Crippen molar-refractivity contribution in [1.82, 2.24) is 9.47 Å². The second-order valence-corrected chi connectivity index (χ2v) is 6.80. The number of carbonyl (C=O) groups is 2. The Labute approximate surface area is 162 Å². The van der Waals surface area contributed by atoms with Crippen molar-refractivity contribution in [2.24, 2.45) is 5.92 Å². The van der Waals surface area contributed by atoms with Crippen LogP contribution in [0.25, 0.3) is 5.03 Å². The number of β-lactam (4-membered cyclic amide) rings is 1. The maximum atomic E-state index is 12.4. The predicted molar refractivity (Wildman–Crippen MR) is 93.7 cm³/mol. The summed E-state index contributed by atoms with van der Waals surface area (Å²) in [6.45, 7) is 6.18. The van der Waals surface area contributed by atoms with Gasteiger partial charge < -0.3 is 27.1 Å². The number of aliphatic hydroxyl groups is 1. The number of carbonyl (C=O) groups excluding carboxylic acids is 2. The molecule has 2 atom stereocenters. The van der Waals surface area contributed by atoms with E-state index in [1.807, 2.05) is 30.2 Å². The number of aromatic nitrogens is 2. The zero-order chi connectivity index (χ0) is 21.1. The maximum Gasteiger partial charge on any atom is 0.673 e. The molecule has 1 saturated heterocycles. The Morgan fingerprint density at radius 3 is 2.61 bits per heavy atom. The van der Waals surface area contributed by atoms with Gasteiger partial charge in [-0.05, 0) is 6.92 Å². The highest BCUT2D eigenvalue weighted by molar-refractivity contribution is 8.08. The topological polar surface area (TPSA) is 75.6 Å². The van der Waals surface area contributed by atoms with Crippen molar-refractivity contribution in [1.29, 1.82) is 0 Å². The molecule has 0 saturated carbocycles. The predicted octanol–water partition coefficient (Wildman–Crippen LogP) is 1.47. The first-order valence-corrected chi connectivity index (χ1v) is 9.07. The first kappa shape index (κ1) is 22.0. The minimum absolute atomic E-state index is 0.0804. The number of imidazole rings is 1. The van der Waals surface area contributed by atoms with Crippen molar-refractivity contribution in [2.75, 3.05) is 13.2 Å². The van der Waals surface area contributed by atoms with Crippen molar-refractivity contribution in [3.8, 4) is 0 Å². The molecule has 1 amide bonds. The standard InChI is InChI=1S/C15H18N3O4S.BF4/c1-3-7-22-15(21)11-14(17-6-5-16(4-2)9-17)23-13-10(8-19)12(20)18(11)13;2-1(3,4)5/h3,5-6,9-10,13,19H,1,4,7-8H2,2H3;/q+1;-1/t10-,13+;/m0./s1. The molecule has 0 aliphatic carbocycles. The lowest BCUT2D eigenvalue weighted by Crippen LogP contribution is -2.58. The maximum absolute atomic E-state index is 12.4. The zero-order valence-electron chi connectivity index (χ0n) is 14.8. The molecule has 0 spiro atoms. The van der Waals surface area contributed by atoms with Gasteiger partial charge in [0.1, 0.15) is 24.4 Å². The van der Waals surface area contributed by atoms with Crippen LogP contribution in [0.2, 0.25) is 0 Å². The van der Waals surface area contributed by atoms with E-state index in [-0.39, 0.29) is 30.2 Å². The van der Waals surface area contributed by atoms with Crippen LogP contribution >= 0.6 is 11.8 Å². The Hall–Kier alpha value is -2.28. The van der Waals surface area contributed by atoms with Crippen molar-refractivity contribution in [3.63, 3.8) is 0 Å². The third-order valence-corrected chi connectivity index (χ3v) is 5.25. The number of rotatable bonds is 6. The minimum atomic E-state index is -6.00. The van der Waals surface area contributed by atoms with Crippen LogP contribution in [0.5, 0.6) is 0 Å². The number of fused-ring (bicyclic) bond motifs is 1. The molecule has 3 heterocycles. The fraction of sp³-hybridized carbons (Fsp3) is 0.400. The van der Waals surface area contributed by atoms with Crippen LogP contribution in [0.15, 0.2) is 37.1 Å². The van der Waals surface area contributed by atoms with Gasteiger partial charge in [-0.25, -0.2) is 9.36 Å². The van der Waals surface area contributed by atoms with E-state index >= 15 is 0 Å². The van der Waals surface area contributed by atoms with Crippen molar-refractivity contribution >= 4 is 35.9 Å². The number of ether oxygens (including phenoxy) is 1. The van der Waals surface area contributed by atoms with Crippen LogP contribution in [0, 0.1) is 5.92 Å². The van der Waals surface area contributed by atoms with Crippen LogP contribution in [0.4, 0.5) is 17.3 Å². The molecule has 2 aliphatic rings. The molecular weight excluding hydrogens is 405 g/mol. The normalized spacial score (nSPS) is 20.9. The van der Waals surface area contributed by atoms with E-state index in [1.54, 1.807) is 4.57 Å². The summed E-state index contributed by atoms with van der Waals surface area (Å²) >= 11 is 1.39. The Kier molecular flexibility index (Phi) is 6.94. The van der Waals surface area contributed by atoms with E-state index in [4.69, 9.17) is 4.74 Å². The molecule has 154 valence electrons. The number of nitrogens with zero attached hydrogens (tertiary/aromatic N) is 3. The summed E-state index contributed by atoms with van der Waals surface area (Å²) in [4.78, 5) is 26.0. The molecule has 1 N–H and O–H groups in total. The fourth-order valence-corrected chi connectivity index (χ4v) is 4.04. The van der Waals surface area contributed by atoms with E-state index in [0.717, 1.165) is 6.54 Å². The first-order valence-electron chi connectivity index (χ1n) is 8.20. The third-order valence-electron chi connectivity index (χ3n) is 3.84. The Balaban J connectivity index is 0.000000500. The van der Waals surface area contributed by atoms with E-state index in [9.17, 15) is 32.0 Å². The SMILES string of the molecule is C=CCOC(=O)C1=C(n2cc[n+](CC)c2)S[C@@H]2[C@@H](CO)C(=O)N12.F[B-](F)(F)F. The average molecular weight is 423 g/mol. The number of esters is 1. The van der Waals surface area contributed by atoms with Crippen LogP contribution < -0.4 is 4.57 Å². The van der Waals surface area contributed by atoms with Crippen molar-refractivity contribution in [2.45, 2.75) is 18.8 Å². The van der Waals surface area contributed by atoms with Gasteiger partial charge in [0.2, 0.25) is 12.2 Å². The van der Waals surface area contributed by atoms with Gasteiger partial charge in [-0.15, -0.1) is 0 Å². The highest BCUT2D eigenvalue weighted by Crippen LogP contribution is 2.50. The Morgan fingerprint density at radius 1 is 1.46 bits per heavy atom. The van der Waals surface area contributed by atoms with E-state index in [2.05, 4.69) is 6.58 Å². The molecule has 0 aromatic carbocycles. The summed E-state index contributed by atoms with van der Waals surface area (Å²) in [5.41, 5.74) is 0.232. The molecule has 1 aromatic rings. The highest BCUT2D eigenvalue weighted by atomic mass is 32.2. The Morgan fingerprint density at radius 2 is 2.11 bits per heavy atom. The van der Waals surface area contributed by atoms with Gasteiger partial charge in [0.15, 0.2) is 10.7 Å². The molecule has 0 radical (unpaired) electrons. The molecule has 1 aromatic heterocycles. The zero-order valence-corrected chi connectivity index (χ0v) is 15.6. The lowest BCUT2D eigenvalue weighted by atomic mass is 9.98. The molecule has 28 heavy (non-hydrogen) atoms. The molecule has 3 rings (SSSR count). The van der Waals surface area contributed by atoms with Crippen molar-refractivity contribution < 1.29 is 41.3 Å². The van der Waals surface area contributed by atoms with Crippen LogP contribution in [-0.4, -0.2) is 52.3 Å². The number of aliphatic hydroxyl groups excluding tert-OH is 1. The van der Waals surface area contributed by atoms with Gasteiger partial charge >= 0.3 is 13.2 Å². The number of hydrogen-bond donors (Lipinski definition) is 1. The summed E-state index contributed by atoms with van der Waals surface area (Å²) in [6, 6.07) is 0. The molecule has 13 heteroatoms. The highest BCUT2D eigenvalue weighted by Gasteiger charge is 2.57. The quantitative estimate of drug-likeness (QED) is 0.187. The molecule has 0 unspecified atom stereocenters. The number of thioether (sulfide) groups is 1. The van der Waals surface area contributed by atoms with E-state index in [1.165, 1.54) is 22.7 Å².